The first-order valence-corrected chi connectivity index (χ1v) is 5.92. The van der Waals surface area contributed by atoms with Crippen LogP contribution in [0.5, 0.6) is 0 Å². The fraction of sp³-hybridized carbons (Fsp3) is 0.500. The maximum atomic E-state index is 5.00. The SMILES string of the molecule is CCCn1ccnc1CNCc1cc(C)on1. The minimum atomic E-state index is 0.705. The number of aromatic nitrogens is 3. The molecule has 0 bridgehead atoms. The van der Waals surface area contributed by atoms with Crippen molar-refractivity contribution in [2.24, 2.45) is 0 Å². The van der Waals surface area contributed by atoms with Gasteiger partial charge in [0, 0.05) is 31.5 Å². The monoisotopic (exact) mass is 234 g/mol. The Labute approximate surface area is 101 Å². The molecule has 0 saturated carbocycles. The highest BCUT2D eigenvalue weighted by molar-refractivity contribution is 5.03. The van der Waals surface area contributed by atoms with Gasteiger partial charge in [-0.15, -0.1) is 0 Å². The van der Waals surface area contributed by atoms with E-state index in [9.17, 15) is 0 Å². The summed E-state index contributed by atoms with van der Waals surface area (Å²) >= 11 is 0. The maximum Gasteiger partial charge on any atom is 0.133 e. The lowest BCUT2D eigenvalue weighted by molar-refractivity contribution is 0.387. The average molecular weight is 234 g/mol. The van der Waals surface area contributed by atoms with Crippen LogP contribution < -0.4 is 5.32 Å². The molecule has 17 heavy (non-hydrogen) atoms. The molecule has 5 nitrogen and oxygen atoms in total. The summed E-state index contributed by atoms with van der Waals surface area (Å²) < 4.78 is 7.17. The van der Waals surface area contributed by atoms with Gasteiger partial charge in [-0.25, -0.2) is 4.98 Å². The van der Waals surface area contributed by atoms with Crippen molar-refractivity contribution < 1.29 is 4.52 Å². The maximum absolute atomic E-state index is 5.00. The van der Waals surface area contributed by atoms with Gasteiger partial charge in [0.15, 0.2) is 0 Å². The summed E-state index contributed by atoms with van der Waals surface area (Å²) in [4.78, 5) is 4.33. The Balaban J connectivity index is 1.83. The summed E-state index contributed by atoms with van der Waals surface area (Å²) in [6, 6.07) is 1.94. The summed E-state index contributed by atoms with van der Waals surface area (Å²) in [5.41, 5.74) is 0.927. The van der Waals surface area contributed by atoms with Crippen LogP contribution in [0.2, 0.25) is 0 Å². The van der Waals surface area contributed by atoms with Crippen LogP contribution in [0.3, 0.4) is 0 Å². The van der Waals surface area contributed by atoms with Crippen molar-refractivity contribution in [3.05, 3.63) is 35.7 Å². The van der Waals surface area contributed by atoms with E-state index in [0.717, 1.165) is 36.8 Å². The second-order valence-electron chi connectivity index (χ2n) is 4.07. The van der Waals surface area contributed by atoms with Crippen LogP contribution in [-0.4, -0.2) is 14.7 Å². The Kier molecular flexibility index (Phi) is 3.93. The van der Waals surface area contributed by atoms with Crippen molar-refractivity contribution in [3.63, 3.8) is 0 Å². The normalized spacial score (nSPS) is 10.9. The molecule has 92 valence electrons. The lowest BCUT2D eigenvalue weighted by atomic mass is 10.4. The van der Waals surface area contributed by atoms with Crippen LogP contribution in [0.1, 0.15) is 30.6 Å². The highest BCUT2D eigenvalue weighted by atomic mass is 16.5. The molecular weight excluding hydrogens is 216 g/mol. The van der Waals surface area contributed by atoms with Crippen LogP contribution in [0.15, 0.2) is 23.0 Å². The first-order valence-electron chi connectivity index (χ1n) is 5.92. The Morgan fingerprint density at radius 2 is 2.29 bits per heavy atom. The fourth-order valence-corrected chi connectivity index (χ4v) is 1.76. The Morgan fingerprint density at radius 3 is 3.00 bits per heavy atom. The van der Waals surface area contributed by atoms with Crippen molar-refractivity contribution in [1.82, 2.24) is 20.0 Å². The number of hydrogen-bond acceptors (Lipinski definition) is 4. The Bertz CT molecular complexity index is 461. The van der Waals surface area contributed by atoms with E-state index < -0.39 is 0 Å². The van der Waals surface area contributed by atoms with Crippen LogP contribution >= 0.6 is 0 Å². The molecule has 0 aliphatic carbocycles. The molecule has 0 aliphatic rings. The lowest BCUT2D eigenvalue weighted by Gasteiger charge is -2.06. The number of hydrogen-bond donors (Lipinski definition) is 1. The van der Waals surface area contributed by atoms with E-state index >= 15 is 0 Å². The minimum Gasteiger partial charge on any atom is -0.361 e. The van der Waals surface area contributed by atoms with Gasteiger partial charge >= 0.3 is 0 Å². The van der Waals surface area contributed by atoms with Gasteiger partial charge in [-0.05, 0) is 13.3 Å². The highest BCUT2D eigenvalue weighted by Crippen LogP contribution is 2.02. The van der Waals surface area contributed by atoms with Gasteiger partial charge in [0.25, 0.3) is 0 Å². The van der Waals surface area contributed by atoms with Crippen LogP contribution in [-0.2, 0) is 19.6 Å². The van der Waals surface area contributed by atoms with Crippen molar-refractivity contribution in [1.29, 1.82) is 0 Å². The van der Waals surface area contributed by atoms with Crippen LogP contribution in [0.25, 0.3) is 0 Å². The summed E-state index contributed by atoms with van der Waals surface area (Å²) in [7, 11) is 0. The van der Waals surface area contributed by atoms with Crippen molar-refractivity contribution in [3.8, 4) is 0 Å². The number of rotatable bonds is 6. The van der Waals surface area contributed by atoms with E-state index in [-0.39, 0.29) is 0 Å². The standard InChI is InChI=1S/C12H18N4O/c1-3-5-16-6-4-14-12(16)9-13-8-11-7-10(2)17-15-11/h4,6-7,13H,3,5,8-9H2,1-2H3. The minimum absolute atomic E-state index is 0.705. The van der Waals surface area contributed by atoms with E-state index in [1.165, 1.54) is 0 Å². The molecule has 2 aromatic rings. The molecule has 2 aromatic heterocycles. The van der Waals surface area contributed by atoms with E-state index in [4.69, 9.17) is 4.52 Å². The Hall–Kier alpha value is -1.62. The number of imidazole rings is 1. The van der Waals surface area contributed by atoms with Crippen molar-refractivity contribution in [2.45, 2.75) is 39.9 Å². The van der Waals surface area contributed by atoms with Gasteiger partial charge in [0.1, 0.15) is 11.6 Å². The molecule has 2 heterocycles. The zero-order valence-corrected chi connectivity index (χ0v) is 10.3. The van der Waals surface area contributed by atoms with E-state index in [1.807, 2.05) is 25.4 Å². The molecule has 0 atom stereocenters. The van der Waals surface area contributed by atoms with Crippen LogP contribution in [0, 0.1) is 6.92 Å². The summed E-state index contributed by atoms with van der Waals surface area (Å²) in [5, 5.41) is 7.24. The molecule has 0 amide bonds. The van der Waals surface area contributed by atoms with E-state index in [2.05, 4.69) is 26.9 Å². The molecule has 0 spiro atoms. The highest BCUT2D eigenvalue weighted by Gasteiger charge is 2.03. The van der Waals surface area contributed by atoms with Crippen molar-refractivity contribution >= 4 is 0 Å². The molecule has 5 heteroatoms. The zero-order chi connectivity index (χ0) is 12.1. The number of nitrogens with one attached hydrogen (secondary N) is 1. The summed E-state index contributed by atoms with van der Waals surface area (Å²) in [6.07, 6.45) is 4.97. The molecule has 0 saturated heterocycles. The third kappa shape index (κ3) is 3.17. The lowest BCUT2D eigenvalue weighted by Crippen LogP contribution is -2.16. The van der Waals surface area contributed by atoms with E-state index in [1.54, 1.807) is 0 Å². The van der Waals surface area contributed by atoms with Gasteiger partial charge in [-0.1, -0.05) is 12.1 Å². The third-order valence-electron chi connectivity index (χ3n) is 2.53. The van der Waals surface area contributed by atoms with Crippen molar-refractivity contribution in [2.75, 3.05) is 0 Å². The smallest absolute Gasteiger partial charge is 0.133 e. The van der Waals surface area contributed by atoms with Gasteiger partial charge in [-0.3, -0.25) is 0 Å². The zero-order valence-electron chi connectivity index (χ0n) is 10.3. The molecule has 2 rings (SSSR count). The van der Waals surface area contributed by atoms with Gasteiger partial charge < -0.3 is 14.4 Å². The predicted molar refractivity (Wildman–Crippen MR) is 64.3 cm³/mol. The molecule has 0 aromatic carbocycles. The average Bonchev–Trinajstić information content (AvgIpc) is 2.90. The second kappa shape index (κ2) is 5.63. The Morgan fingerprint density at radius 1 is 1.41 bits per heavy atom. The number of aryl methyl sites for hydroxylation is 2. The largest absolute Gasteiger partial charge is 0.361 e. The van der Waals surface area contributed by atoms with Gasteiger partial charge in [0.2, 0.25) is 0 Å². The van der Waals surface area contributed by atoms with Gasteiger partial charge in [0.05, 0.1) is 12.2 Å². The molecule has 0 unspecified atom stereocenters. The third-order valence-corrected chi connectivity index (χ3v) is 2.53. The summed E-state index contributed by atoms with van der Waals surface area (Å²) in [5.74, 6) is 1.90. The predicted octanol–water partition coefficient (Wildman–Crippen LogP) is 1.88. The van der Waals surface area contributed by atoms with E-state index in [0.29, 0.717) is 6.54 Å². The molecule has 1 N–H and O–H groups in total. The molecule has 0 radical (unpaired) electrons. The molecular formula is C12H18N4O. The second-order valence-corrected chi connectivity index (χ2v) is 4.07. The first-order chi connectivity index (χ1) is 8.29. The molecule has 0 fully saturated rings. The van der Waals surface area contributed by atoms with Gasteiger partial charge in [-0.2, -0.15) is 0 Å². The first kappa shape index (κ1) is 11.9. The summed E-state index contributed by atoms with van der Waals surface area (Å²) in [6.45, 7) is 6.52. The molecule has 0 aliphatic heterocycles. The topological polar surface area (TPSA) is 55.9 Å². The fourth-order valence-electron chi connectivity index (χ4n) is 1.76. The quantitative estimate of drug-likeness (QED) is 0.829. The number of nitrogens with zero attached hydrogens (tertiary/aromatic N) is 3. The van der Waals surface area contributed by atoms with Crippen LogP contribution in [0.4, 0.5) is 0 Å².